The third kappa shape index (κ3) is 4.80. The van der Waals surface area contributed by atoms with Crippen LogP contribution in [0.4, 0.5) is 10.8 Å². The number of rotatable bonds is 7. The number of benzene rings is 2. The van der Waals surface area contributed by atoms with Crippen LogP contribution in [-0.2, 0) is 4.74 Å². The number of aromatic nitrogens is 3. The van der Waals surface area contributed by atoms with E-state index in [1.165, 1.54) is 11.3 Å². The molecule has 5 rings (SSSR count). The normalized spacial score (nSPS) is 14.5. The number of carbonyl (C=O) groups excluding carboxylic acids is 1. The molecule has 8 nitrogen and oxygen atoms in total. The van der Waals surface area contributed by atoms with Gasteiger partial charge >= 0.3 is 0 Å². The number of carbonyl (C=O) groups is 1. The summed E-state index contributed by atoms with van der Waals surface area (Å²) in [6.45, 7) is 4.84. The molecule has 0 spiro atoms. The highest BCUT2D eigenvalue weighted by molar-refractivity contribution is 7.22. The molecule has 0 saturated carbocycles. The number of imidazole rings is 1. The van der Waals surface area contributed by atoms with Crippen LogP contribution in [0.5, 0.6) is 0 Å². The van der Waals surface area contributed by atoms with Crippen LogP contribution < -0.4 is 10.6 Å². The fourth-order valence-corrected chi connectivity index (χ4v) is 4.55. The molecule has 0 aliphatic carbocycles. The number of anilines is 2. The van der Waals surface area contributed by atoms with E-state index in [0.29, 0.717) is 12.1 Å². The summed E-state index contributed by atoms with van der Waals surface area (Å²) in [7, 11) is 0. The van der Waals surface area contributed by atoms with Gasteiger partial charge in [-0.05, 0) is 42.5 Å². The van der Waals surface area contributed by atoms with Gasteiger partial charge in [0.2, 0.25) is 0 Å². The maximum atomic E-state index is 12.6. The van der Waals surface area contributed by atoms with E-state index >= 15 is 0 Å². The van der Waals surface area contributed by atoms with Crippen LogP contribution in [0.1, 0.15) is 10.4 Å². The van der Waals surface area contributed by atoms with E-state index in [4.69, 9.17) is 4.74 Å². The van der Waals surface area contributed by atoms with Crippen molar-refractivity contribution in [1.29, 1.82) is 0 Å². The predicted molar refractivity (Wildman–Crippen MR) is 126 cm³/mol. The molecule has 0 radical (unpaired) electrons. The van der Waals surface area contributed by atoms with Crippen LogP contribution in [0.2, 0.25) is 0 Å². The van der Waals surface area contributed by atoms with E-state index in [2.05, 4.69) is 25.5 Å². The standard InChI is InChI=1S/C23H24N6O2S/c30-22(25-8-9-28-11-13-31-14-12-28)17-1-6-20-21(15-17)32-23(27-20)26-18-2-4-19(5-3-18)29-10-7-24-16-29/h1-7,10,15-16H,8-9,11-14H2,(H,25,30)(H,26,27). The van der Waals surface area contributed by atoms with Gasteiger partial charge in [0.15, 0.2) is 5.13 Å². The third-order valence-corrected chi connectivity index (χ3v) is 6.32. The van der Waals surface area contributed by atoms with Crippen molar-refractivity contribution in [3.05, 3.63) is 66.7 Å². The van der Waals surface area contributed by atoms with Crippen LogP contribution in [0, 0.1) is 0 Å². The summed E-state index contributed by atoms with van der Waals surface area (Å²) in [5, 5.41) is 7.16. The molecule has 1 aliphatic heterocycles. The molecule has 2 aromatic carbocycles. The number of morpholine rings is 1. The van der Waals surface area contributed by atoms with Crippen LogP contribution >= 0.6 is 11.3 Å². The molecular formula is C23H24N6O2S. The third-order valence-electron chi connectivity index (χ3n) is 5.39. The van der Waals surface area contributed by atoms with Gasteiger partial charge in [0, 0.05) is 55.5 Å². The number of hydrogen-bond acceptors (Lipinski definition) is 7. The summed E-state index contributed by atoms with van der Waals surface area (Å²) in [5.41, 5.74) is 3.52. The Kier molecular flexibility index (Phi) is 6.11. The van der Waals surface area contributed by atoms with E-state index in [9.17, 15) is 4.79 Å². The van der Waals surface area contributed by atoms with E-state index in [-0.39, 0.29) is 5.91 Å². The molecule has 0 unspecified atom stereocenters. The minimum absolute atomic E-state index is 0.0573. The summed E-state index contributed by atoms with van der Waals surface area (Å²) >= 11 is 1.53. The summed E-state index contributed by atoms with van der Waals surface area (Å²) in [6, 6.07) is 13.7. The van der Waals surface area contributed by atoms with Crippen molar-refractivity contribution in [3.8, 4) is 5.69 Å². The Morgan fingerprint density at radius 1 is 1.12 bits per heavy atom. The second-order valence-corrected chi connectivity index (χ2v) is 8.58. The number of amides is 1. The average molecular weight is 449 g/mol. The molecule has 1 saturated heterocycles. The Morgan fingerprint density at radius 2 is 1.97 bits per heavy atom. The van der Waals surface area contributed by atoms with Crippen molar-refractivity contribution in [2.24, 2.45) is 0 Å². The molecule has 3 heterocycles. The topological polar surface area (TPSA) is 84.3 Å². The first-order valence-electron chi connectivity index (χ1n) is 10.6. The number of hydrogen-bond donors (Lipinski definition) is 2. The van der Waals surface area contributed by atoms with E-state index in [0.717, 1.165) is 59.6 Å². The van der Waals surface area contributed by atoms with Gasteiger partial charge < -0.3 is 19.9 Å². The van der Waals surface area contributed by atoms with E-state index in [1.54, 1.807) is 12.5 Å². The molecule has 2 N–H and O–H groups in total. The Hall–Kier alpha value is -3.27. The van der Waals surface area contributed by atoms with E-state index < -0.39 is 0 Å². The van der Waals surface area contributed by atoms with Crippen molar-refractivity contribution in [1.82, 2.24) is 24.8 Å². The Bertz CT molecular complexity index is 1180. The lowest BCUT2D eigenvalue weighted by molar-refractivity contribution is 0.0383. The molecule has 4 aromatic rings. The van der Waals surface area contributed by atoms with Crippen molar-refractivity contribution in [2.75, 3.05) is 44.7 Å². The molecular weight excluding hydrogens is 424 g/mol. The van der Waals surface area contributed by atoms with Gasteiger partial charge in [-0.25, -0.2) is 9.97 Å². The average Bonchev–Trinajstić information content (AvgIpc) is 3.49. The fraction of sp³-hybridized carbons (Fsp3) is 0.261. The van der Waals surface area contributed by atoms with Crippen molar-refractivity contribution in [2.45, 2.75) is 0 Å². The first-order valence-corrected chi connectivity index (χ1v) is 11.4. The zero-order chi connectivity index (χ0) is 21.8. The number of fused-ring (bicyclic) bond motifs is 1. The molecule has 2 aromatic heterocycles. The minimum Gasteiger partial charge on any atom is -0.379 e. The Morgan fingerprint density at radius 3 is 2.75 bits per heavy atom. The van der Waals surface area contributed by atoms with Gasteiger partial charge in [-0.15, -0.1) is 0 Å². The van der Waals surface area contributed by atoms with Gasteiger partial charge in [-0.1, -0.05) is 11.3 Å². The van der Waals surface area contributed by atoms with Crippen molar-refractivity contribution >= 4 is 38.3 Å². The van der Waals surface area contributed by atoms with Crippen LogP contribution in [0.3, 0.4) is 0 Å². The highest BCUT2D eigenvalue weighted by Gasteiger charge is 2.12. The number of nitrogens with one attached hydrogen (secondary N) is 2. The molecule has 0 bridgehead atoms. The molecule has 1 aliphatic rings. The zero-order valence-electron chi connectivity index (χ0n) is 17.5. The smallest absolute Gasteiger partial charge is 0.251 e. The molecule has 164 valence electrons. The molecule has 0 atom stereocenters. The monoisotopic (exact) mass is 448 g/mol. The SMILES string of the molecule is O=C(NCCN1CCOCC1)c1ccc2nc(Nc3ccc(-n4ccnc4)cc3)sc2c1. The number of ether oxygens (including phenoxy) is 1. The maximum absolute atomic E-state index is 12.6. The first-order chi connectivity index (χ1) is 15.7. The summed E-state index contributed by atoms with van der Waals surface area (Å²) in [4.78, 5) is 23.6. The second kappa shape index (κ2) is 9.47. The van der Waals surface area contributed by atoms with Gasteiger partial charge in [0.25, 0.3) is 5.91 Å². The number of nitrogens with zero attached hydrogens (tertiary/aromatic N) is 4. The molecule has 32 heavy (non-hydrogen) atoms. The lowest BCUT2D eigenvalue weighted by Gasteiger charge is -2.26. The molecule has 9 heteroatoms. The zero-order valence-corrected chi connectivity index (χ0v) is 18.3. The molecule has 1 amide bonds. The van der Waals surface area contributed by atoms with Gasteiger partial charge in [0.1, 0.15) is 0 Å². The highest BCUT2D eigenvalue weighted by atomic mass is 32.1. The second-order valence-electron chi connectivity index (χ2n) is 7.55. The maximum Gasteiger partial charge on any atom is 0.251 e. The minimum atomic E-state index is -0.0573. The lowest BCUT2D eigenvalue weighted by Crippen LogP contribution is -2.41. The Labute approximate surface area is 189 Å². The first kappa shape index (κ1) is 20.6. The fourth-order valence-electron chi connectivity index (χ4n) is 3.63. The summed E-state index contributed by atoms with van der Waals surface area (Å²) < 4.78 is 8.28. The van der Waals surface area contributed by atoms with Crippen LogP contribution in [0.15, 0.2) is 61.2 Å². The largest absolute Gasteiger partial charge is 0.379 e. The number of thiazole rings is 1. The summed E-state index contributed by atoms with van der Waals surface area (Å²) in [5.74, 6) is -0.0573. The van der Waals surface area contributed by atoms with Crippen molar-refractivity contribution < 1.29 is 9.53 Å². The van der Waals surface area contributed by atoms with Crippen molar-refractivity contribution in [3.63, 3.8) is 0 Å². The lowest BCUT2D eigenvalue weighted by atomic mass is 10.2. The summed E-state index contributed by atoms with van der Waals surface area (Å²) in [6.07, 6.45) is 5.44. The predicted octanol–water partition coefficient (Wildman–Crippen LogP) is 3.29. The highest BCUT2D eigenvalue weighted by Crippen LogP contribution is 2.29. The van der Waals surface area contributed by atoms with Crippen LogP contribution in [0.25, 0.3) is 15.9 Å². The van der Waals surface area contributed by atoms with Gasteiger partial charge in [0.05, 0.1) is 29.8 Å². The van der Waals surface area contributed by atoms with Gasteiger partial charge in [-0.3, -0.25) is 9.69 Å². The van der Waals surface area contributed by atoms with E-state index in [1.807, 2.05) is 53.2 Å². The van der Waals surface area contributed by atoms with Crippen LogP contribution in [-0.4, -0.2) is 64.7 Å². The molecule has 1 fully saturated rings. The quantitative estimate of drug-likeness (QED) is 0.451. The van der Waals surface area contributed by atoms with Gasteiger partial charge in [-0.2, -0.15) is 0 Å². The Balaban J connectivity index is 1.21.